The monoisotopic (exact) mass is 411 g/mol. The summed E-state index contributed by atoms with van der Waals surface area (Å²) >= 11 is 9.70. The molecule has 0 radical (unpaired) electrons. The summed E-state index contributed by atoms with van der Waals surface area (Å²) in [4.78, 5) is 12.5. The molecule has 0 heterocycles. The fourth-order valence-electron chi connectivity index (χ4n) is 2.11. The van der Waals surface area contributed by atoms with Gasteiger partial charge in [-0.25, -0.2) is 0 Å². The average molecular weight is 413 g/mol. The van der Waals surface area contributed by atoms with E-state index in [1.165, 1.54) is 7.11 Å². The quantitative estimate of drug-likeness (QED) is 0.685. The molecule has 0 aliphatic rings. The number of hydrogen-bond donors (Lipinski definition) is 1. The minimum Gasteiger partial charge on any atom is -0.493 e. The number of nitrogens with one attached hydrogen (secondary N) is 1. The SMILES string of the molecule is CCCOc1c(Cl)cc(C(=O)Nc2ccc(C)cc2Br)cc1OC. The van der Waals surface area contributed by atoms with Crippen LogP contribution in [0.1, 0.15) is 29.3 Å². The molecule has 0 saturated carbocycles. The van der Waals surface area contributed by atoms with Crippen LogP contribution in [0.5, 0.6) is 11.5 Å². The van der Waals surface area contributed by atoms with Gasteiger partial charge in [0.2, 0.25) is 0 Å². The Balaban J connectivity index is 2.27. The van der Waals surface area contributed by atoms with Gasteiger partial charge in [0.1, 0.15) is 0 Å². The molecule has 0 atom stereocenters. The van der Waals surface area contributed by atoms with Crippen LogP contribution in [-0.2, 0) is 0 Å². The van der Waals surface area contributed by atoms with Crippen molar-refractivity contribution in [1.29, 1.82) is 0 Å². The minimum atomic E-state index is -0.276. The lowest BCUT2D eigenvalue weighted by Crippen LogP contribution is -2.13. The molecule has 6 heteroatoms. The van der Waals surface area contributed by atoms with Crippen LogP contribution >= 0.6 is 27.5 Å². The van der Waals surface area contributed by atoms with Gasteiger partial charge in [0.05, 0.1) is 24.4 Å². The molecule has 0 saturated heterocycles. The molecule has 24 heavy (non-hydrogen) atoms. The van der Waals surface area contributed by atoms with Gasteiger partial charge in [0.15, 0.2) is 11.5 Å². The number of amides is 1. The molecule has 0 fully saturated rings. The number of anilines is 1. The van der Waals surface area contributed by atoms with Crippen LogP contribution in [0.15, 0.2) is 34.8 Å². The molecule has 0 aromatic heterocycles. The Bertz CT molecular complexity index is 749. The smallest absolute Gasteiger partial charge is 0.255 e. The Kier molecular flexibility index (Phi) is 6.52. The summed E-state index contributed by atoms with van der Waals surface area (Å²) in [5.41, 5.74) is 2.18. The highest BCUT2D eigenvalue weighted by atomic mass is 79.9. The van der Waals surface area contributed by atoms with Gasteiger partial charge in [-0.05, 0) is 59.1 Å². The second kappa shape index (κ2) is 8.40. The number of aryl methyl sites for hydroxylation is 1. The zero-order chi connectivity index (χ0) is 17.7. The standard InChI is InChI=1S/C18H19BrClNO3/c1-4-7-24-17-14(20)9-12(10-16(17)23-3)18(22)21-15-6-5-11(2)8-13(15)19/h5-6,8-10H,4,7H2,1-3H3,(H,21,22). The van der Waals surface area contributed by atoms with Gasteiger partial charge >= 0.3 is 0 Å². The summed E-state index contributed by atoms with van der Waals surface area (Å²) in [6.07, 6.45) is 0.850. The predicted molar refractivity (Wildman–Crippen MR) is 101 cm³/mol. The van der Waals surface area contributed by atoms with Crippen LogP contribution < -0.4 is 14.8 Å². The van der Waals surface area contributed by atoms with E-state index in [2.05, 4.69) is 21.2 Å². The van der Waals surface area contributed by atoms with Crippen molar-refractivity contribution in [2.24, 2.45) is 0 Å². The first-order chi connectivity index (χ1) is 11.5. The maximum atomic E-state index is 12.5. The third kappa shape index (κ3) is 4.42. The fraction of sp³-hybridized carbons (Fsp3) is 0.278. The number of halogens is 2. The second-order valence-corrected chi connectivity index (χ2v) is 6.54. The van der Waals surface area contributed by atoms with E-state index in [0.29, 0.717) is 34.4 Å². The van der Waals surface area contributed by atoms with Gasteiger partial charge in [0.25, 0.3) is 5.91 Å². The molecule has 1 amide bonds. The molecule has 0 aliphatic carbocycles. The first kappa shape index (κ1) is 18.6. The third-order valence-corrected chi connectivity index (χ3v) is 4.25. The predicted octanol–water partition coefficient (Wildman–Crippen LogP) is 5.46. The fourth-order valence-corrected chi connectivity index (χ4v) is 2.97. The molecule has 1 N–H and O–H groups in total. The van der Waals surface area contributed by atoms with Crippen LogP contribution in [0.2, 0.25) is 5.02 Å². The highest BCUT2D eigenvalue weighted by molar-refractivity contribution is 9.10. The van der Waals surface area contributed by atoms with Gasteiger partial charge in [-0.1, -0.05) is 24.6 Å². The Morgan fingerprint density at radius 3 is 2.67 bits per heavy atom. The van der Waals surface area contributed by atoms with Crippen LogP contribution in [-0.4, -0.2) is 19.6 Å². The van der Waals surface area contributed by atoms with Gasteiger partial charge in [-0.15, -0.1) is 0 Å². The maximum absolute atomic E-state index is 12.5. The van der Waals surface area contributed by atoms with Gasteiger partial charge in [-0.2, -0.15) is 0 Å². The summed E-state index contributed by atoms with van der Waals surface area (Å²) < 4.78 is 11.7. The molecule has 4 nitrogen and oxygen atoms in total. The zero-order valence-corrected chi connectivity index (χ0v) is 16.1. The second-order valence-electron chi connectivity index (χ2n) is 5.28. The highest BCUT2D eigenvalue weighted by Crippen LogP contribution is 2.37. The van der Waals surface area contributed by atoms with Gasteiger partial charge < -0.3 is 14.8 Å². The minimum absolute atomic E-state index is 0.276. The van der Waals surface area contributed by atoms with Crippen molar-refractivity contribution in [2.45, 2.75) is 20.3 Å². The Hall–Kier alpha value is -1.72. The molecule has 2 aromatic carbocycles. The van der Waals surface area contributed by atoms with E-state index in [1.807, 2.05) is 32.0 Å². The van der Waals surface area contributed by atoms with Crippen molar-refractivity contribution in [3.8, 4) is 11.5 Å². The Morgan fingerprint density at radius 1 is 1.29 bits per heavy atom. The number of ether oxygens (including phenoxy) is 2. The molecule has 0 unspecified atom stereocenters. The Labute approximate surface area is 155 Å². The van der Waals surface area contributed by atoms with Crippen molar-refractivity contribution in [2.75, 3.05) is 19.0 Å². The maximum Gasteiger partial charge on any atom is 0.255 e. The molecular weight excluding hydrogens is 394 g/mol. The number of benzene rings is 2. The summed E-state index contributed by atoms with van der Waals surface area (Å²) in [6, 6.07) is 8.90. The van der Waals surface area contributed by atoms with E-state index in [4.69, 9.17) is 21.1 Å². The molecular formula is C18H19BrClNO3. The molecule has 0 spiro atoms. The van der Waals surface area contributed by atoms with Crippen molar-refractivity contribution in [1.82, 2.24) is 0 Å². The molecule has 2 aromatic rings. The molecule has 0 aliphatic heterocycles. The summed E-state index contributed by atoms with van der Waals surface area (Å²) in [5, 5.41) is 3.20. The van der Waals surface area contributed by atoms with Gasteiger partial charge in [-0.3, -0.25) is 4.79 Å². The summed E-state index contributed by atoms with van der Waals surface area (Å²) in [5.74, 6) is 0.611. The van der Waals surface area contributed by atoms with Crippen LogP contribution in [0.4, 0.5) is 5.69 Å². The number of methoxy groups -OCH3 is 1. The normalized spacial score (nSPS) is 10.4. The third-order valence-electron chi connectivity index (χ3n) is 3.31. The molecule has 0 bridgehead atoms. The summed E-state index contributed by atoms with van der Waals surface area (Å²) in [7, 11) is 1.52. The molecule has 128 valence electrons. The van der Waals surface area contributed by atoms with E-state index in [1.54, 1.807) is 12.1 Å². The van der Waals surface area contributed by atoms with E-state index in [9.17, 15) is 4.79 Å². The largest absolute Gasteiger partial charge is 0.493 e. The van der Waals surface area contributed by atoms with E-state index in [-0.39, 0.29) is 5.91 Å². The number of carbonyl (C=O) groups excluding carboxylic acids is 1. The van der Waals surface area contributed by atoms with Crippen molar-refractivity contribution in [3.05, 3.63) is 51.0 Å². The van der Waals surface area contributed by atoms with Crippen LogP contribution in [0.25, 0.3) is 0 Å². The van der Waals surface area contributed by atoms with Gasteiger partial charge in [0, 0.05) is 10.0 Å². The van der Waals surface area contributed by atoms with E-state index >= 15 is 0 Å². The molecule has 2 rings (SSSR count). The Morgan fingerprint density at radius 2 is 2.04 bits per heavy atom. The number of rotatable bonds is 6. The summed E-state index contributed by atoms with van der Waals surface area (Å²) in [6.45, 7) is 4.51. The first-order valence-corrected chi connectivity index (χ1v) is 8.71. The first-order valence-electron chi connectivity index (χ1n) is 7.54. The topological polar surface area (TPSA) is 47.6 Å². The zero-order valence-electron chi connectivity index (χ0n) is 13.8. The van der Waals surface area contributed by atoms with Crippen molar-refractivity contribution < 1.29 is 14.3 Å². The van der Waals surface area contributed by atoms with E-state index in [0.717, 1.165) is 16.5 Å². The lowest BCUT2D eigenvalue weighted by molar-refractivity contribution is 0.102. The van der Waals surface area contributed by atoms with Crippen LogP contribution in [0.3, 0.4) is 0 Å². The number of hydrogen-bond acceptors (Lipinski definition) is 3. The average Bonchev–Trinajstić information content (AvgIpc) is 2.55. The highest BCUT2D eigenvalue weighted by Gasteiger charge is 2.16. The lowest BCUT2D eigenvalue weighted by Gasteiger charge is -2.14. The van der Waals surface area contributed by atoms with Crippen molar-refractivity contribution in [3.63, 3.8) is 0 Å². The van der Waals surface area contributed by atoms with Crippen LogP contribution in [0, 0.1) is 6.92 Å². The van der Waals surface area contributed by atoms with Crippen molar-refractivity contribution >= 4 is 39.1 Å². The van der Waals surface area contributed by atoms with E-state index < -0.39 is 0 Å². The number of carbonyl (C=O) groups is 1. The lowest BCUT2D eigenvalue weighted by atomic mass is 10.1.